The lowest BCUT2D eigenvalue weighted by Crippen LogP contribution is -2.36. The number of fused-ring (bicyclic) bond motifs is 1. The Morgan fingerprint density at radius 3 is 2.81 bits per heavy atom. The molecule has 1 aliphatic rings. The number of hydrogen-bond donors (Lipinski definition) is 4. The van der Waals surface area contributed by atoms with E-state index in [2.05, 4.69) is 25.9 Å². The van der Waals surface area contributed by atoms with Crippen LogP contribution < -0.4 is 16.0 Å². The first kappa shape index (κ1) is 18.1. The van der Waals surface area contributed by atoms with Crippen molar-refractivity contribution in [1.82, 2.24) is 20.6 Å². The van der Waals surface area contributed by atoms with Crippen molar-refractivity contribution in [1.29, 1.82) is 5.41 Å². The number of carbonyl (C=O) groups excluding carboxylic acids is 1. The van der Waals surface area contributed by atoms with E-state index >= 15 is 0 Å². The van der Waals surface area contributed by atoms with Gasteiger partial charge in [0, 0.05) is 42.8 Å². The quantitative estimate of drug-likeness (QED) is 0.602. The third-order valence-corrected chi connectivity index (χ3v) is 4.73. The molecule has 2 heterocycles. The van der Waals surface area contributed by atoms with Crippen LogP contribution in [0.15, 0.2) is 24.5 Å². The topological polar surface area (TPSA) is 103 Å². The Labute approximate surface area is 156 Å². The molecule has 0 spiro atoms. The van der Waals surface area contributed by atoms with Gasteiger partial charge in [-0.3, -0.25) is 10.3 Å². The first-order valence-electron chi connectivity index (χ1n) is 8.53. The maximum Gasteiger partial charge on any atom is 0.320 e. The van der Waals surface area contributed by atoms with Crippen LogP contribution in [-0.4, -0.2) is 35.3 Å². The maximum absolute atomic E-state index is 12.1. The van der Waals surface area contributed by atoms with Crippen LogP contribution in [0.5, 0.6) is 0 Å². The summed E-state index contributed by atoms with van der Waals surface area (Å²) >= 11 is 6.49. The molecule has 136 valence electrons. The van der Waals surface area contributed by atoms with E-state index in [-0.39, 0.29) is 12.1 Å². The molecule has 0 radical (unpaired) electrons. The zero-order valence-corrected chi connectivity index (χ0v) is 15.2. The van der Waals surface area contributed by atoms with Crippen molar-refractivity contribution in [2.75, 3.05) is 12.4 Å². The highest BCUT2D eigenvalue weighted by Gasteiger charge is 2.18. The van der Waals surface area contributed by atoms with Gasteiger partial charge in [0.25, 0.3) is 0 Å². The molecule has 8 heteroatoms. The Hall–Kier alpha value is -2.67. The summed E-state index contributed by atoms with van der Waals surface area (Å²) in [6.07, 6.45) is 8.81. The smallest absolute Gasteiger partial charge is 0.320 e. The van der Waals surface area contributed by atoms with E-state index in [1.165, 1.54) is 6.21 Å². The number of nitrogens with one attached hydrogen (secondary N) is 4. The number of nitrogens with zero attached hydrogens (tertiary/aromatic N) is 2. The van der Waals surface area contributed by atoms with Crippen molar-refractivity contribution in [3.8, 4) is 0 Å². The van der Waals surface area contributed by atoms with E-state index in [0.29, 0.717) is 33.0 Å². The van der Waals surface area contributed by atoms with Gasteiger partial charge in [-0.1, -0.05) is 24.4 Å². The molecule has 0 atom stereocenters. The minimum Gasteiger partial charge on any atom is -0.393 e. The predicted molar refractivity (Wildman–Crippen MR) is 105 cm³/mol. The number of urea groups is 1. The Balaban J connectivity index is 1.86. The molecule has 3 rings (SSSR count). The number of amides is 2. The van der Waals surface area contributed by atoms with Crippen molar-refractivity contribution in [2.45, 2.75) is 31.7 Å². The van der Waals surface area contributed by atoms with Crippen LogP contribution in [0.25, 0.3) is 16.6 Å². The Morgan fingerprint density at radius 2 is 2.12 bits per heavy atom. The summed E-state index contributed by atoms with van der Waals surface area (Å²) in [6.45, 7) is 0. The summed E-state index contributed by atoms with van der Waals surface area (Å²) in [5, 5.41) is 16.5. The average molecular weight is 373 g/mol. The molecular weight excluding hydrogens is 352 g/mol. The third-order valence-electron chi connectivity index (χ3n) is 4.35. The number of pyridine rings is 2. The van der Waals surface area contributed by atoms with Crippen molar-refractivity contribution < 1.29 is 4.79 Å². The molecule has 2 amide bonds. The van der Waals surface area contributed by atoms with Gasteiger partial charge >= 0.3 is 6.03 Å². The zero-order valence-electron chi connectivity index (χ0n) is 14.5. The van der Waals surface area contributed by atoms with Gasteiger partial charge in [-0.05, 0) is 25.0 Å². The van der Waals surface area contributed by atoms with Crippen LogP contribution in [0.1, 0.15) is 31.2 Å². The van der Waals surface area contributed by atoms with Crippen molar-refractivity contribution in [3.63, 3.8) is 0 Å². The summed E-state index contributed by atoms with van der Waals surface area (Å²) < 4.78 is 0. The number of hydrogen-bond acceptors (Lipinski definition) is 5. The van der Waals surface area contributed by atoms with E-state index in [1.807, 2.05) is 0 Å². The third kappa shape index (κ3) is 3.94. The van der Waals surface area contributed by atoms with Crippen molar-refractivity contribution >= 4 is 46.3 Å². The van der Waals surface area contributed by atoms with Crippen LogP contribution >= 0.6 is 11.6 Å². The lowest BCUT2D eigenvalue weighted by Gasteiger charge is -2.13. The zero-order chi connectivity index (χ0) is 18.5. The average Bonchev–Trinajstić information content (AvgIpc) is 3.13. The largest absolute Gasteiger partial charge is 0.393 e. The van der Waals surface area contributed by atoms with Crippen LogP contribution in [0.4, 0.5) is 10.6 Å². The fourth-order valence-corrected chi connectivity index (χ4v) is 3.36. The molecule has 26 heavy (non-hydrogen) atoms. The predicted octanol–water partition coefficient (Wildman–Crippen LogP) is 3.56. The highest BCUT2D eigenvalue weighted by molar-refractivity contribution is 6.37. The number of aromatic nitrogens is 2. The number of carbonyl (C=O) groups is 1. The van der Waals surface area contributed by atoms with Gasteiger partial charge < -0.3 is 16.0 Å². The first-order valence-corrected chi connectivity index (χ1v) is 8.91. The van der Waals surface area contributed by atoms with E-state index in [4.69, 9.17) is 17.0 Å². The van der Waals surface area contributed by atoms with Crippen molar-refractivity contribution in [3.05, 3.63) is 35.1 Å². The Bertz CT molecular complexity index is 860. The molecular formula is C18H21ClN6O. The lowest BCUT2D eigenvalue weighted by molar-refractivity contribution is 0.248. The van der Waals surface area contributed by atoms with Crippen LogP contribution in [0.3, 0.4) is 0 Å². The van der Waals surface area contributed by atoms with Gasteiger partial charge in [-0.25, -0.2) is 9.78 Å². The second kappa shape index (κ2) is 8.14. The van der Waals surface area contributed by atoms with E-state index in [0.717, 1.165) is 25.7 Å². The summed E-state index contributed by atoms with van der Waals surface area (Å²) in [7, 11) is 1.75. The Kier molecular flexibility index (Phi) is 5.68. The lowest BCUT2D eigenvalue weighted by atomic mass is 10.1. The molecule has 1 aliphatic carbocycles. The molecule has 0 bridgehead atoms. The second-order valence-electron chi connectivity index (χ2n) is 6.16. The van der Waals surface area contributed by atoms with Crippen LogP contribution in [0, 0.1) is 5.41 Å². The number of rotatable bonds is 5. The summed E-state index contributed by atoms with van der Waals surface area (Å²) in [5.74, 6) is 0.405. The fourth-order valence-electron chi connectivity index (χ4n) is 3.07. The number of anilines is 1. The SMILES string of the molecule is CN/C=C(\C=N)c1cnc2ccc(NC(=O)NC3CCCC3)nc2c1Cl. The number of allylic oxidation sites excluding steroid dienone is 1. The molecule has 0 aliphatic heterocycles. The highest BCUT2D eigenvalue weighted by Crippen LogP contribution is 2.29. The summed E-state index contributed by atoms with van der Waals surface area (Å²) in [5.41, 5.74) is 2.29. The summed E-state index contributed by atoms with van der Waals surface area (Å²) in [6, 6.07) is 3.42. The van der Waals surface area contributed by atoms with Gasteiger partial charge in [0.2, 0.25) is 0 Å². The number of halogens is 1. The Morgan fingerprint density at radius 1 is 1.35 bits per heavy atom. The van der Waals surface area contributed by atoms with Gasteiger partial charge in [0.05, 0.1) is 10.5 Å². The molecule has 0 saturated heterocycles. The summed E-state index contributed by atoms with van der Waals surface area (Å²) in [4.78, 5) is 20.9. The van der Waals surface area contributed by atoms with E-state index in [1.54, 1.807) is 31.6 Å². The van der Waals surface area contributed by atoms with E-state index in [9.17, 15) is 4.79 Å². The van der Waals surface area contributed by atoms with Gasteiger partial charge in [0.15, 0.2) is 0 Å². The monoisotopic (exact) mass is 372 g/mol. The van der Waals surface area contributed by atoms with Gasteiger partial charge in [-0.15, -0.1) is 0 Å². The molecule has 0 aromatic carbocycles. The minimum atomic E-state index is -0.265. The van der Waals surface area contributed by atoms with Crippen LogP contribution in [0.2, 0.25) is 5.02 Å². The fraction of sp³-hybridized carbons (Fsp3) is 0.333. The maximum atomic E-state index is 12.1. The van der Waals surface area contributed by atoms with Crippen LogP contribution in [-0.2, 0) is 0 Å². The minimum absolute atomic E-state index is 0.231. The molecule has 7 nitrogen and oxygen atoms in total. The molecule has 0 unspecified atom stereocenters. The first-order chi connectivity index (χ1) is 12.6. The standard InChI is InChI=1S/C18H21ClN6O/c1-21-9-11(8-20)13-10-22-14-6-7-15(24-17(14)16(13)19)25-18(26)23-12-4-2-3-5-12/h6-10,12,20-21H,2-5H2,1H3,(H2,23,24,25,26)/b11-9+,20-8?. The molecule has 1 saturated carbocycles. The second-order valence-corrected chi connectivity index (χ2v) is 6.54. The molecule has 2 aromatic rings. The molecule has 4 N–H and O–H groups in total. The van der Waals surface area contributed by atoms with E-state index < -0.39 is 0 Å². The van der Waals surface area contributed by atoms with Crippen molar-refractivity contribution in [2.24, 2.45) is 0 Å². The normalized spacial score (nSPS) is 15.1. The van der Waals surface area contributed by atoms with Gasteiger partial charge in [0.1, 0.15) is 11.3 Å². The highest BCUT2D eigenvalue weighted by atomic mass is 35.5. The molecule has 1 fully saturated rings. The van der Waals surface area contributed by atoms with Gasteiger partial charge in [-0.2, -0.15) is 0 Å². The molecule has 2 aromatic heterocycles.